The van der Waals surface area contributed by atoms with Crippen molar-refractivity contribution in [3.63, 3.8) is 0 Å². The smallest absolute Gasteiger partial charge is 0.237 e. The molecule has 2 N–H and O–H groups in total. The third-order valence-corrected chi connectivity index (χ3v) is 2.61. The number of nitrogens with zero attached hydrogens (tertiary/aromatic N) is 1. The number of nitrogens with one attached hydrogen (secondary N) is 2. The molecule has 6 nitrogen and oxygen atoms in total. The van der Waals surface area contributed by atoms with E-state index in [-0.39, 0.29) is 24.9 Å². The van der Waals surface area contributed by atoms with Gasteiger partial charge < -0.3 is 5.32 Å². The van der Waals surface area contributed by atoms with Crippen LogP contribution in [0.5, 0.6) is 0 Å². The fourth-order valence-electron chi connectivity index (χ4n) is 1.04. The number of carbonyl (C=O) groups is 1. The standard InChI is InChI=1S/C9H17N3O3S/c1-7(2)8(6-10)9(13)11-4-5-12-16(3,14)15/h7-8,12H,4-5H2,1-3H3,(H,11,13). The number of carbonyl (C=O) groups excluding carboxylic acids is 1. The molecule has 1 unspecified atom stereocenters. The highest BCUT2D eigenvalue weighted by molar-refractivity contribution is 7.88. The number of amides is 1. The molecular weight excluding hydrogens is 230 g/mol. The highest BCUT2D eigenvalue weighted by Crippen LogP contribution is 2.08. The van der Waals surface area contributed by atoms with E-state index in [9.17, 15) is 13.2 Å². The quantitative estimate of drug-likeness (QED) is 0.615. The summed E-state index contributed by atoms with van der Waals surface area (Å²) in [5.41, 5.74) is 0. The monoisotopic (exact) mass is 247 g/mol. The second-order valence-corrected chi connectivity index (χ2v) is 5.64. The minimum Gasteiger partial charge on any atom is -0.354 e. The molecule has 0 saturated carbocycles. The summed E-state index contributed by atoms with van der Waals surface area (Å²) in [6.07, 6.45) is 1.04. The molecule has 1 atom stereocenters. The molecule has 0 spiro atoms. The van der Waals surface area contributed by atoms with E-state index in [4.69, 9.17) is 5.26 Å². The van der Waals surface area contributed by atoms with Gasteiger partial charge in [0.05, 0.1) is 12.3 Å². The Kier molecular flexibility index (Phi) is 6.00. The van der Waals surface area contributed by atoms with E-state index in [2.05, 4.69) is 10.0 Å². The van der Waals surface area contributed by atoms with Gasteiger partial charge in [-0.25, -0.2) is 13.1 Å². The van der Waals surface area contributed by atoms with Crippen molar-refractivity contribution in [2.75, 3.05) is 19.3 Å². The average Bonchev–Trinajstić information content (AvgIpc) is 2.11. The van der Waals surface area contributed by atoms with Crippen LogP contribution in [0.15, 0.2) is 0 Å². The lowest BCUT2D eigenvalue weighted by Crippen LogP contribution is -2.38. The average molecular weight is 247 g/mol. The van der Waals surface area contributed by atoms with Crippen molar-refractivity contribution in [2.24, 2.45) is 11.8 Å². The molecule has 1 amide bonds. The van der Waals surface area contributed by atoms with E-state index < -0.39 is 15.9 Å². The number of hydrogen-bond acceptors (Lipinski definition) is 4. The molecule has 0 saturated heterocycles. The van der Waals surface area contributed by atoms with E-state index >= 15 is 0 Å². The van der Waals surface area contributed by atoms with Crippen LogP contribution in [-0.4, -0.2) is 33.7 Å². The molecule has 0 heterocycles. The van der Waals surface area contributed by atoms with E-state index in [1.807, 2.05) is 6.07 Å². The summed E-state index contributed by atoms with van der Waals surface area (Å²) < 4.78 is 23.6. The summed E-state index contributed by atoms with van der Waals surface area (Å²) in [7, 11) is -3.23. The minimum absolute atomic E-state index is 0.0622. The molecule has 0 rings (SSSR count). The number of nitriles is 1. The molecule has 16 heavy (non-hydrogen) atoms. The Hall–Kier alpha value is -1.13. The Labute approximate surface area is 96.1 Å². The van der Waals surface area contributed by atoms with Crippen molar-refractivity contribution < 1.29 is 13.2 Å². The number of rotatable bonds is 6. The first-order valence-corrected chi connectivity index (χ1v) is 6.79. The third kappa shape index (κ3) is 6.37. The molecule has 0 aromatic rings. The van der Waals surface area contributed by atoms with Crippen LogP contribution < -0.4 is 10.0 Å². The molecule has 0 aliphatic rings. The lowest BCUT2D eigenvalue weighted by atomic mass is 9.97. The Morgan fingerprint density at radius 2 is 1.94 bits per heavy atom. The minimum atomic E-state index is -3.23. The van der Waals surface area contributed by atoms with Crippen molar-refractivity contribution in [2.45, 2.75) is 13.8 Å². The molecular formula is C9H17N3O3S. The van der Waals surface area contributed by atoms with Gasteiger partial charge in [-0.2, -0.15) is 5.26 Å². The predicted molar refractivity (Wildman–Crippen MR) is 59.8 cm³/mol. The Bertz CT molecular complexity index is 370. The maximum atomic E-state index is 11.4. The van der Waals surface area contributed by atoms with Gasteiger partial charge in [0.1, 0.15) is 5.92 Å². The lowest BCUT2D eigenvalue weighted by molar-refractivity contribution is -0.124. The van der Waals surface area contributed by atoms with Gasteiger partial charge in [-0.15, -0.1) is 0 Å². The molecule has 7 heteroatoms. The van der Waals surface area contributed by atoms with Crippen LogP contribution in [-0.2, 0) is 14.8 Å². The van der Waals surface area contributed by atoms with Crippen molar-refractivity contribution in [3.8, 4) is 6.07 Å². The van der Waals surface area contributed by atoms with Crippen LogP contribution in [0.25, 0.3) is 0 Å². The van der Waals surface area contributed by atoms with Crippen LogP contribution in [0.4, 0.5) is 0 Å². The molecule has 0 aliphatic carbocycles. The molecule has 0 radical (unpaired) electrons. The van der Waals surface area contributed by atoms with Gasteiger partial charge in [0.25, 0.3) is 0 Å². The topological polar surface area (TPSA) is 99.1 Å². The summed E-state index contributed by atoms with van der Waals surface area (Å²) in [6.45, 7) is 3.86. The highest BCUT2D eigenvalue weighted by Gasteiger charge is 2.20. The zero-order chi connectivity index (χ0) is 12.8. The van der Waals surface area contributed by atoms with Gasteiger partial charge >= 0.3 is 0 Å². The van der Waals surface area contributed by atoms with E-state index in [0.29, 0.717) is 0 Å². The Morgan fingerprint density at radius 1 is 1.38 bits per heavy atom. The van der Waals surface area contributed by atoms with Gasteiger partial charge in [0.2, 0.25) is 15.9 Å². The summed E-state index contributed by atoms with van der Waals surface area (Å²) >= 11 is 0. The van der Waals surface area contributed by atoms with Gasteiger partial charge in [0.15, 0.2) is 0 Å². The molecule has 0 aliphatic heterocycles. The zero-order valence-electron chi connectivity index (χ0n) is 9.65. The van der Waals surface area contributed by atoms with Crippen molar-refractivity contribution in [3.05, 3.63) is 0 Å². The zero-order valence-corrected chi connectivity index (χ0v) is 10.5. The largest absolute Gasteiger partial charge is 0.354 e. The van der Waals surface area contributed by atoms with E-state index in [1.54, 1.807) is 13.8 Å². The van der Waals surface area contributed by atoms with E-state index in [0.717, 1.165) is 6.26 Å². The molecule has 0 bridgehead atoms. The first-order chi connectivity index (χ1) is 7.28. The summed E-state index contributed by atoms with van der Waals surface area (Å²) in [4.78, 5) is 11.4. The summed E-state index contributed by atoms with van der Waals surface area (Å²) in [5.74, 6) is -1.13. The van der Waals surface area contributed by atoms with Crippen molar-refractivity contribution >= 4 is 15.9 Å². The maximum Gasteiger partial charge on any atom is 0.237 e. The second kappa shape index (κ2) is 6.45. The number of hydrogen-bond donors (Lipinski definition) is 2. The van der Waals surface area contributed by atoms with Crippen LogP contribution in [0, 0.1) is 23.2 Å². The molecule has 92 valence electrons. The van der Waals surface area contributed by atoms with Gasteiger partial charge in [-0.05, 0) is 5.92 Å². The summed E-state index contributed by atoms with van der Waals surface area (Å²) in [6, 6.07) is 1.91. The Morgan fingerprint density at radius 3 is 2.31 bits per heavy atom. The highest BCUT2D eigenvalue weighted by atomic mass is 32.2. The van der Waals surface area contributed by atoms with E-state index in [1.165, 1.54) is 0 Å². The van der Waals surface area contributed by atoms with Crippen molar-refractivity contribution in [1.82, 2.24) is 10.0 Å². The molecule has 0 aromatic heterocycles. The number of sulfonamides is 1. The fraction of sp³-hybridized carbons (Fsp3) is 0.778. The second-order valence-electron chi connectivity index (χ2n) is 3.81. The fourth-order valence-corrected chi connectivity index (χ4v) is 1.52. The first kappa shape index (κ1) is 14.9. The normalized spacial score (nSPS) is 13.2. The SMILES string of the molecule is CC(C)C(C#N)C(=O)NCCNS(C)(=O)=O. The molecule has 0 aromatic carbocycles. The van der Waals surface area contributed by atoms with Gasteiger partial charge in [-0.1, -0.05) is 13.8 Å². The van der Waals surface area contributed by atoms with Gasteiger partial charge in [-0.3, -0.25) is 4.79 Å². The third-order valence-electron chi connectivity index (χ3n) is 1.88. The van der Waals surface area contributed by atoms with Crippen LogP contribution in [0.1, 0.15) is 13.8 Å². The maximum absolute atomic E-state index is 11.4. The van der Waals surface area contributed by atoms with Crippen LogP contribution in [0.3, 0.4) is 0 Å². The molecule has 0 fully saturated rings. The van der Waals surface area contributed by atoms with Crippen molar-refractivity contribution in [1.29, 1.82) is 5.26 Å². The Balaban J connectivity index is 3.95. The summed E-state index contributed by atoms with van der Waals surface area (Å²) in [5, 5.41) is 11.2. The lowest BCUT2D eigenvalue weighted by Gasteiger charge is -2.12. The predicted octanol–water partition coefficient (Wildman–Crippen LogP) is -0.552. The van der Waals surface area contributed by atoms with Crippen LogP contribution in [0.2, 0.25) is 0 Å². The van der Waals surface area contributed by atoms with Gasteiger partial charge in [0, 0.05) is 13.1 Å². The van der Waals surface area contributed by atoms with Crippen LogP contribution >= 0.6 is 0 Å². The first-order valence-electron chi connectivity index (χ1n) is 4.90.